The lowest BCUT2D eigenvalue weighted by Crippen LogP contribution is -2.43. The minimum Gasteiger partial charge on any atom is -0.508 e. The standard InChI is InChI=1S/C18H24O2.C15H10O5.C15H10O4/c1-18-9-8-14-13-5-3-12(19)10-11(13)2-4-15(14)16(18)6-7-17(18)20;16-9-3-1-8(2-4-9)11-7-20-13-6-10(17)5-12(18)14(13)15(11)19;16-10-3-1-9(2-4-10)13-8-19-14-7-11(17)5-6-12(14)15(13)18/h3,5,10,14-17,19-20H,2,4,6-9H2,1H3;1-7,16-18H;1-8,16-17H. The van der Waals surface area contributed by atoms with Crippen LogP contribution in [0.4, 0.5) is 0 Å². The number of rotatable bonds is 2. The molecule has 0 spiro atoms. The summed E-state index contributed by atoms with van der Waals surface area (Å²) in [5.74, 6) is 2.24. The van der Waals surface area contributed by atoms with Gasteiger partial charge in [-0.05, 0) is 132 Å². The van der Waals surface area contributed by atoms with Crippen molar-refractivity contribution in [3.63, 3.8) is 0 Å². The second kappa shape index (κ2) is 15.6. The van der Waals surface area contributed by atoms with E-state index < -0.39 is 5.43 Å². The van der Waals surface area contributed by atoms with Crippen molar-refractivity contribution in [2.75, 3.05) is 0 Å². The van der Waals surface area contributed by atoms with E-state index in [4.69, 9.17) is 8.83 Å². The van der Waals surface area contributed by atoms with E-state index in [9.17, 15) is 45.3 Å². The van der Waals surface area contributed by atoms with Crippen molar-refractivity contribution in [3.05, 3.63) is 141 Å². The number of phenols is 6. The smallest absolute Gasteiger partial charge is 0.204 e. The third kappa shape index (κ3) is 7.45. The van der Waals surface area contributed by atoms with Crippen molar-refractivity contribution >= 4 is 21.9 Å². The maximum absolute atomic E-state index is 12.4. The Morgan fingerprint density at radius 1 is 0.593 bits per heavy atom. The summed E-state index contributed by atoms with van der Waals surface area (Å²) >= 11 is 0. The third-order valence-corrected chi connectivity index (χ3v) is 12.6. The van der Waals surface area contributed by atoms with Gasteiger partial charge in [0.25, 0.3) is 0 Å². The number of hydrogen-bond acceptors (Lipinski definition) is 11. The maximum atomic E-state index is 12.4. The maximum Gasteiger partial charge on any atom is 0.204 e. The SMILES string of the molecule is CC12CCC3c4ccc(O)cc4CCC3C1CCC2O.O=c1c(-c2ccc(O)cc2)coc2cc(O)cc(O)c12.O=c1c(-c2ccc(O)cc2)coc2cc(O)ccc12. The molecule has 5 aromatic carbocycles. The second-order valence-corrected chi connectivity index (χ2v) is 16.0. The number of aliphatic hydroxyl groups excluding tert-OH is 1. The summed E-state index contributed by atoms with van der Waals surface area (Å²) < 4.78 is 10.7. The minimum atomic E-state index is -0.408. The van der Waals surface area contributed by atoms with Crippen LogP contribution in [0, 0.1) is 17.3 Å². The lowest BCUT2D eigenvalue weighted by molar-refractivity contribution is -0.0226. The molecule has 2 fully saturated rings. The van der Waals surface area contributed by atoms with Gasteiger partial charge in [0, 0.05) is 18.2 Å². The first kappa shape index (κ1) is 39.1. The monoisotopic (exact) mass is 796 g/mol. The fourth-order valence-corrected chi connectivity index (χ4v) is 9.56. The van der Waals surface area contributed by atoms with Gasteiger partial charge in [-0.2, -0.15) is 0 Å². The van der Waals surface area contributed by atoms with Gasteiger partial charge in [0.05, 0.1) is 22.6 Å². The summed E-state index contributed by atoms with van der Waals surface area (Å²) in [5.41, 5.74) is 4.76. The number of phenolic OH excluding ortho intramolecular Hbond substituents is 6. The quantitative estimate of drug-likeness (QED) is 0.0880. The third-order valence-electron chi connectivity index (χ3n) is 12.6. The molecule has 0 radical (unpaired) electrons. The van der Waals surface area contributed by atoms with E-state index in [1.54, 1.807) is 24.3 Å². The van der Waals surface area contributed by atoms with Crippen LogP contribution in [0.2, 0.25) is 0 Å². The predicted octanol–water partition coefficient (Wildman–Crippen LogP) is 9.06. The van der Waals surface area contributed by atoms with Gasteiger partial charge in [-0.3, -0.25) is 9.59 Å². The number of aromatic hydroxyl groups is 6. The molecule has 0 amide bonds. The van der Waals surface area contributed by atoms with Crippen molar-refractivity contribution in [3.8, 4) is 56.8 Å². The highest BCUT2D eigenvalue weighted by molar-refractivity contribution is 5.88. The molecule has 2 heterocycles. The van der Waals surface area contributed by atoms with E-state index in [-0.39, 0.29) is 62.2 Å². The lowest BCUT2D eigenvalue weighted by Gasteiger charge is -2.50. The number of hydrogen-bond donors (Lipinski definition) is 7. The highest BCUT2D eigenvalue weighted by atomic mass is 16.3. The van der Waals surface area contributed by atoms with Gasteiger partial charge in [-0.25, -0.2) is 0 Å². The Labute approximate surface area is 338 Å². The molecule has 2 aromatic heterocycles. The molecule has 59 heavy (non-hydrogen) atoms. The van der Waals surface area contributed by atoms with Crippen LogP contribution in [-0.4, -0.2) is 41.8 Å². The summed E-state index contributed by atoms with van der Waals surface area (Å²) in [6.07, 6.45) is 9.40. The van der Waals surface area contributed by atoms with E-state index >= 15 is 0 Å². The molecule has 302 valence electrons. The molecular weight excluding hydrogens is 753 g/mol. The first-order valence-electron chi connectivity index (χ1n) is 19.6. The molecule has 0 aliphatic heterocycles. The lowest BCUT2D eigenvalue weighted by atomic mass is 9.55. The fraction of sp³-hybridized carbons (Fsp3) is 0.250. The summed E-state index contributed by atoms with van der Waals surface area (Å²) in [4.78, 5) is 24.7. The topological polar surface area (TPSA) is 202 Å². The Bertz CT molecular complexity index is 2790. The average molecular weight is 797 g/mol. The molecule has 11 nitrogen and oxygen atoms in total. The molecular formula is C48H44O11. The van der Waals surface area contributed by atoms with E-state index in [0.717, 1.165) is 31.2 Å². The number of benzene rings is 5. The Balaban J connectivity index is 0.000000123. The molecule has 11 heteroatoms. The normalized spacial score (nSPS) is 21.6. The Morgan fingerprint density at radius 2 is 1.17 bits per heavy atom. The van der Waals surface area contributed by atoms with Crippen molar-refractivity contribution in [2.45, 2.75) is 57.5 Å². The molecule has 10 rings (SSSR count). The van der Waals surface area contributed by atoms with E-state index in [1.807, 2.05) is 12.1 Å². The Morgan fingerprint density at radius 3 is 1.85 bits per heavy atom. The van der Waals surface area contributed by atoms with Gasteiger partial charge in [-0.1, -0.05) is 37.3 Å². The van der Waals surface area contributed by atoms with E-state index in [1.165, 1.54) is 91.4 Å². The highest BCUT2D eigenvalue weighted by Crippen LogP contribution is 2.61. The van der Waals surface area contributed by atoms with Crippen molar-refractivity contribution in [2.24, 2.45) is 17.3 Å². The molecule has 7 N–H and O–H groups in total. The zero-order valence-corrected chi connectivity index (χ0v) is 32.2. The van der Waals surface area contributed by atoms with Crippen molar-refractivity contribution in [1.82, 2.24) is 0 Å². The number of aliphatic hydroxyl groups is 1. The molecule has 5 atom stereocenters. The van der Waals surface area contributed by atoms with Crippen LogP contribution in [0.5, 0.6) is 34.5 Å². The van der Waals surface area contributed by atoms with Gasteiger partial charge in [0.1, 0.15) is 63.6 Å². The number of fused-ring (bicyclic) bond motifs is 7. The zero-order valence-electron chi connectivity index (χ0n) is 32.2. The highest BCUT2D eigenvalue weighted by Gasteiger charge is 2.54. The van der Waals surface area contributed by atoms with E-state index in [0.29, 0.717) is 45.2 Å². The molecule has 3 aliphatic carbocycles. The van der Waals surface area contributed by atoms with Crippen LogP contribution in [0.1, 0.15) is 56.1 Å². The summed E-state index contributed by atoms with van der Waals surface area (Å²) in [5, 5.41) is 67.5. The molecule has 0 bridgehead atoms. The molecule has 7 aromatic rings. The average Bonchev–Trinajstić information content (AvgIpc) is 3.52. The second-order valence-electron chi connectivity index (χ2n) is 16.0. The first-order chi connectivity index (χ1) is 28.3. The van der Waals surface area contributed by atoms with Crippen LogP contribution >= 0.6 is 0 Å². The minimum absolute atomic E-state index is 0.00775. The summed E-state index contributed by atoms with van der Waals surface area (Å²) in [6.45, 7) is 2.32. The van der Waals surface area contributed by atoms with Crippen LogP contribution in [-0.2, 0) is 6.42 Å². The molecule has 5 unspecified atom stereocenters. The number of aryl methyl sites for hydroxylation is 1. The summed E-state index contributed by atoms with van der Waals surface area (Å²) in [6, 6.07) is 25.0. The van der Waals surface area contributed by atoms with Gasteiger partial charge in [0.15, 0.2) is 5.43 Å². The van der Waals surface area contributed by atoms with Crippen LogP contribution < -0.4 is 10.9 Å². The van der Waals surface area contributed by atoms with Gasteiger partial charge < -0.3 is 44.6 Å². The molecule has 3 aliphatic rings. The fourth-order valence-electron chi connectivity index (χ4n) is 9.56. The van der Waals surface area contributed by atoms with Crippen LogP contribution in [0.3, 0.4) is 0 Å². The summed E-state index contributed by atoms with van der Waals surface area (Å²) in [7, 11) is 0. The van der Waals surface area contributed by atoms with Gasteiger partial charge >= 0.3 is 0 Å². The predicted molar refractivity (Wildman–Crippen MR) is 223 cm³/mol. The molecule has 0 saturated heterocycles. The molecule has 2 saturated carbocycles. The first-order valence-corrected chi connectivity index (χ1v) is 19.6. The van der Waals surface area contributed by atoms with Gasteiger partial charge in [0.2, 0.25) is 5.43 Å². The van der Waals surface area contributed by atoms with Gasteiger partial charge in [-0.15, -0.1) is 0 Å². The van der Waals surface area contributed by atoms with Crippen molar-refractivity contribution < 1.29 is 44.6 Å². The van der Waals surface area contributed by atoms with E-state index in [2.05, 4.69) is 13.0 Å². The van der Waals surface area contributed by atoms with Crippen LogP contribution in [0.25, 0.3) is 44.2 Å². The Kier molecular flexibility index (Phi) is 10.3. The van der Waals surface area contributed by atoms with Crippen molar-refractivity contribution in [1.29, 1.82) is 0 Å². The Hall–Kier alpha value is -6.72. The van der Waals surface area contributed by atoms with Crippen LogP contribution in [0.15, 0.2) is 128 Å². The largest absolute Gasteiger partial charge is 0.508 e. The zero-order chi connectivity index (χ0) is 41.6.